The first kappa shape index (κ1) is 11.1. The normalized spacial score (nSPS) is 44.8. The van der Waals surface area contributed by atoms with Crippen molar-refractivity contribution in [3.63, 3.8) is 0 Å². The molecule has 0 aromatic heterocycles. The maximum Gasteiger partial charge on any atom is 0.159 e. The highest BCUT2D eigenvalue weighted by Gasteiger charge is 2.48. The van der Waals surface area contributed by atoms with E-state index in [1.165, 1.54) is 11.8 Å². The number of aliphatic hydroxyl groups excluding tert-OH is 2. The van der Waals surface area contributed by atoms with Crippen LogP contribution in [0.1, 0.15) is 0 Å². The van der Waals surface area contributed by atoms with E-state index in [2.05, 4.69) is 10.3 Å². The number of hydrogen-bond donors (Lipinski definition) is 3. The highest BCUT2D eigenvalue weighted by molar-refractivity contribution is 8.14. The largest absolute Gasteiger partial charge is 0.394 e. The SMILES string of the molecule is CNC1=NC2C(F)C(O)[C@@H](CO)O[C@@H]2S1. The molecule has 0 aliphatic carbocycles. The van der Waals surface area contributed by atoms with Crippen molar-refractivity contribution in [2.75, 3.05) is 13.7 Å². The van der Waals surface area contributed by atoms with E-state index in [9.17, 15) is 9.50 Å². The lowest BCUT2D eigenvalue weighted by Crippen LogP contribution is -2.53. The van der Waals surface area contributed by atoms with E-state index < -0.39 is 29.9 Å². The van der Waals surface area contributed by atoms with Crippen LogP contribution in [0.4, 0.5) is 4.39 Å². The summed E-state index contributed by atoms with van der Waals surface area (Å²) >= 11 is 1.27. The van der Waals surface area contributed by atoms with Crippen molar-refractivity contribution < 1.29 is 19.3 Å². The number of thioether (sulfide) groups is 1. The number of fused-ring (bicyclic) bond motifs is 1. The van der Waals surface area contributed by atoms with Crippen LogP contribution in [0.2, 0.25) is 0 Å². The number of nitrogens with one attached hydrogen (secondary N) is 1. The van der Waals surface area contributed by atoms with Crippen LogP contribution in [0.3, 0.4) is 0 Å². The number of nitrogens with zero attached hydrogens (tertiary/aromatic N) is 1. The van der Waals surface area contributed by atoms with Gasteiger partial charge in [-0.05, 0) is 0 Å². The van der Waals surface area contributed by atoms with E-state index in [1.807, 2.05) is 0 Å². The Morgan fingerprint density at radius 3 is 3.00 bits per heavy atom. The summed E-state index contributed by atoms with van der Waals surface area (Å²) < 4.78 is 19.0. The van der Waals surface area contributed by atoms with Crippen molar-refractivity contribution in [2.45, 2.75) is 29.9 Å². The zero-order valence-corrected chi connectivity index (χ0v) is 8.95. The van der Waals surface area contributed by atoms with Crippen molar-refractivity contribution >= 4 is 16.9 Å². The Morgan fingerprint density at radius 2 is 2.40 bits per heavy atom. The Hall–Kier alpha value is -0.370. The minimum absolute atomic E-state index is 0.389. The van der Waals surface area contributed by atoms with Crippen LogP contribution in [0, 0.1) is 0 Å². The second-order valence-corrected chi connectivity index (χ2v) is 4.54. The molecule has 0 radical (unpaired) electrons. The Labute approximate surface area is 90.7 Å². The molecule has 2 aliphatic heterocycles. The van der Waals surface area contributed by atoms with Crippen LogP contribution in [0.25, 0.3) is 0 Å². The van der Waals surface area contributed by atoms with Crippen LogP contribution in [0.5, 0.6) is 0 Å². The number of alkyl halides is 1. The van der Waals surface area contributed by atoms with Gasteiger partial charge in [0.15, 0.2) is 11.3 Å². The summed E-state index contributed by atoms with van der Waals surface area (Å²) in [5.74, 6) is 0. The molecule has 3 N–H and O–H groups in total. The Balaban J connectivity index is 2.12. The summed E-state index contributed by atoms with van der Waals surface area (Å²) in [4.78, 5) is 4.06. The van der Waals surface area contributed by atoms with Crippen molar-refractivity contribution in [1.82, 2.24) is 5.32 Å². The molecule has 0 aromatic rings. The van der Waals surface area contributed by atoms with Gasteiger partial charge in [0.25, 0.3) is 0 Å². The van der Waals surface area contributed by atoms with Crippen molar-refractivity contribution in [2.24, 2.45) is 4.99 Å². The summed E-state index contributed by atoms with van der Waals surface area (Å²) in [6, 6.07) is -0.685. The van der Waals surface area contributed by atoms with Gasteiger partial charge in [-0.2, -0.15) is 0 Å². The number of ether oxygens (including phenoxy) is 1. The third-order valence-electron chi connectivity index (χ3n) is 2.51. The Kier molecular flexibility index (Phi) is 3.15. The summed E-state index contributed by atoms with van der Waals surface area (Å²) in [5.41, 5.74) is -0.456. The lowest BCUT2D eigenvalue weighted by molar-refractivity contribution is -0.144. The van der Waals surface area contributed by atoms with E-state index in [-0.39, 0.29) is 6.61 Å². The first-order valence-electron chi connectivity index (χ1n) is 4.68. The average Bonchev–Trinajstić information content (AvgIpc) is 2.66. The Morgan fingerprint density at radius 1 is 1.67 bits per heavy atom. The zero-order valence-electron chi connectivity index (χ0n) is 8.13. The smallest absolute Gasteiger partial charge is 0.159 e. The summed E-state index contributed by atoms with van der Waals surface area (Å²) in [6.07, 6.45) is -3.66. The maximum atomic E-state index is 13.7. The van der Waals surface area contributed by atoms with E-state index in [0.717, 1.165) is 0 Å². The van der Waals surface area contributed by atoms with Crippen molar-refractivity contribution in [1.29, 1.82) is 0 Å². The monoisotopic (exact) mass is 236 g/mol. The zero-order chi connectivity index (χ0) is 11.0. The second-order valence-electron chi connectivity index (χ2n) is 3.45. The molecule has 3 unspecified atom stereocenters. The predicted molar refractivity (Wildman–Crippen MR) is 54.5 cm³/mol. The van der Waals surface area contributed by atoms with Gasteiger partial charge in [-0.15, -0.1) is 0 Å². The van der Waals surface area contributed by atoms with E-state index in [0.29, 0.717) is 5.17 Å². The molecule has 5 nitrogen and oxygen atoms in total. The van der Waals surface area contributed by atoms with Crippen LogP contribution in [-0.4, -0.2) is 58.9 Å². The minimum atomic E-state index is -1.49. The quantitative estimate of drug-likeness (QED) is 0.550. The topological polar surface area (TPSA) is 74.1 Å². The molecule has 5 atom stereocenters. The minimum Gasteiger partial charge on any atom is -0.394 e. The van der Waals surface area contributed by atoms with E-state index >= 15 is 0 Å². The number of aliphatic imine (C=N–C) groups is 1. The fraction of sp³-hybridized carbons (Fsp3) is 0.875. The van der Waals surface area contributed by atoms with Crippen LogP contribution < -0.4 is 5.32 Å². The summed E-state index contributed by atoms with van der Waals surface area (Å²) in [7, 11) is 1.69. The van der Waals surface area contributed by atoms with Gasteiger partial charge in [0.1, 0.15) is 23.7 Å². The summed E-state index contributed by atoms with van der Waals surface area (Å²) in [6.45, 7) is -0.389. The average molecular weight is 236 g/mol. The number of hydrogen-bond acceptors (Lipinski definition) is 6. The molecule has 7 heteroatoms. The molecule has 2 aliphatic rings. The third kappa shape index (κ3) is 1.84. The fourth-order valence-electron chi connectivity index (χ4n) is 1.67. The highest BCUT2D eigenvalue weighted by Crippen LogP contribution is 2.36. The fourth-order valence-corrected chi connectivity index (χ4v) is 2.74. The first-order chi connectivity index (χ1) is 7.17. The molecular weight excluding hydrogens is 223 g/mol. The molecule has 1 saturated heterocycles. The highest BCUT2D eigenvalue weighted by atomic mass is 32.2. The van der Waals surface area contributed by atoms with Gasteiger partial charge < -0.3 is 20.3 Å². The van der Waals surface area contributed by atoms with Crippen molar-refractivity contribution in [3.05, 3.63) is 0 Å². The number of rotatable bonds is 1. The predicted octanol–water partition coefficient (Wildman–Crippen LogP) is -0.907. The van der Waals surface area contributed by atoms with Gasteiger partial charge in [-0.3, -0.25) is 4.99 Å². The molecular formula is C8H13FN2O3S. The van der Waals surface area contributed by atoms with Gasteiger partial charge >= 0.3 is 0 Å². The Bertz CT molecular complexity index is 279. The maximum absolute atomic E-state index is 13.7. The lowest BCUT2D eigenvalue weighted by atomic mass is 10.0. The third-order valence-corrected chi connectivity index (χ3v) is 3.66. The van der Waals surface area contributed by atoms with E-state index in [1.54, 1.807) is 7.05 Å². The molecule has 0 bridgehead atoms. The van der Waals surface area contributed by atoms with Gasteiger partial charge in [0, 0.05) is 7.05 Å². The standard InChI is InChI=1S/C8H13FN2O3S/c1-10-8-11-5-4(9)6(13)3(2-12)14-7(5)15-8/h3-7,12-13H,2H2,1H3,(H,10,11)/t3-,4?,5?,6?,7-/m1/s1. The van der Waals surface area contributed by atoms with Gasteiger partial charge in [-0.25, -0.2) is 4.39 Å². The number of halogens is 1. The van der Waals surface area contributed by atoms with Crippen LogP contribution in [0.15, 0.2) is 4.99 Å². The molecule has 15 heavy (non-hydrogen) atoms. The molecule has 0 saturated carbocycles. The van der Waals surface area contributed by atoms with Crippen LogP contribution >= 0.6 is 11.8 Å². The molecule has 0 aromatic carbocycles. The molecule has 2 rings (SSSR count). The second kappa shape index (κ2) is 4.25. The van der Waals surface area contributed by atoms with Gasteiger partial charge in [0.05, 0.1) is 6.61 Å². The summed E-state index contributed by atoms with van der Waals surface area (Å²) in [5, 5.41) is 21.8. The van der Waals surface area contributed by atoms with Gasteiger partial charge in [-0.1, -0.05) is 11.8 Å². The number of amidine groups is 1. The number of aliphatic hydroxyl groups is 2. The molecule has 0 amide bonds. The lowest BCUT2D eigenvalue weighted by Gasteiger charge is -2.36. The van der Waals surface area contributed by atoms with Crippen LogP contribution in [-0.2, 0) is 4.74 Å². The molecule has 2 heterocycles. The molecule has 0 spiro atoms. The first-order valence-corrected chi connectivity index (χ1v) is 5.56. The van der Waals surface area contributed by atoms with Gasteiger partial charge in [0.2, 0.25) is 0 Å². The van der Waals surface area contributed by atoms with E-state index in [4.69, 9.17) is 9.84 Å². The van der Waals surface area contributed by atoms with Crippen molar-refractivity contribution in [3.8, 4) is 0 Å². The molecule has 1 fully saturated rings. The molecule has 86 valence electrons.